The molecule has 5 heteroatoms. The monoisotopic (exact) mass is 312 g/mol. The molecular formula is C16H28N2O2S. The summed E-state index contributed by atoms with van der Waals surface area (Å²) in [6.45, 7) is 8.19. The highest BCUT2D eigenvalue weighted by Gasteiger charge is 2.15. The summed E-state index contributed by atoms with van der Waals surface area (Å²) in [7, 11) is -3.11. The maximum Gasteiger partial charge on any atom is 0.175 e. The van der Waals surface area contributed by atoms with Crippen LogP contribution in [0, 0.1) is 5.41 Å². The highest BCUT2D eigenvalue weighted by Crippen LogP contribution is 2.20. The van der Waals surface area contributed by atoms with Gasteiger partial charge in [0.2, 0.25) is 0 Å². The third-order valence-electron chi connectivity index (χ3n) is 3.25. The number of nitrogens with two attached hydrogens (primary N) is 1. The maximum atomic E-state index is 11.4. The smallest absolute Gasteiger partial charge is 0.175 e. The van der Waals surface area contributed by atoms with E-state index in [1.165, 1.54) is 6.26 Å². The molecule has 0 heterocycles. The first-order valence-corrected chi connectivity index (χ1v) is 9.22. The molecule has 1 aromatic rings. The molecule has 4 nitrogen and oxygen atoms in total. The van der Waals surface area contributed by atoms with Crippen LogP contribution in [0.5, 0.6) is 0 Å². The molecule has 0 aromatic heterocycles. The first-order valence-electron chi connectivity index (χ1n) is 7.33. The molecule has 0 bridgehead atoms. The van der Waals surface area contributed by atoms with Crippen LogP contribution in [0.3, 0.4) is 0 Å². The fraction of sp³-hybridized carbons (Fsp3) is 0.625. The molecule has 1 unspecified atom stereocenters. The van der Waals surface area contributed by atoms with Crippen LogP contribution >= 0.6 is 0 Å². The Hall–Kier alpha value is -0.910. The highest BCUT2D eigenvalue weighted by molar-refractivity contribution is 7.90. The zero-order chi connectivity index (χ0) is 16.1. The van der Waals surface area contributed by atoms with Gasteiger partial charge in [0, 0.05) is 18.8 Å². The number of benzene rings is 1. The van der Waals surface area contributed by atoms with E-state index < -0.39 is 9.84 Å². The van der Waals surface area contributed by atoms with Crippen LogP contribution in [0.25, 0.3) is 0 Å². The standard InChI is InChI=1S/C16H28N2O2S/c1-16(2,3)11-14(17)9-10-18-12-13-5-7-15(8-6-13)21(4,19)20/h5-8,14,18H,9-12,17H2,1-4H3. The van der Waals surface area contributed by atoms with Crippen molar-refractivity contribution in [3.63, 3.8) is 0 Å². The van der Waals surface area contributed by atoms with E-state index in [9.17, 15) is 8.42 Å². The Kier molecular flexibility index (Phi) is 6.38. The summed E-state index contributed by atoms with van der Waals surface area (Å²) in [4.78, 5) is 0.360. The molecule has 0 aliphatic heterocycles. The van der Waals surface area contributed by atoms with Gasteiger partial charge < -0.3 is 11.1 Å². The summed E-state index contributed by atoms with van der Waals surface area (Å²) >= 11 is 0. The van der Waals surface area contributed by atoms with Crippen LogP contribution in [0.4, 0.5) is 0 Å². The molecule has 21 heavy (non-hydrogen) atoms. The van der Waals surface area contributed by atoms with Gasteiger partial charge in [-0.2, -0.15) is 0 Å². The van der Waals surface area contributed by atoms with Crippen molar-refractivity contribution in [1.82, 2.24) is 5.32 Å². The molecule has 3 N–H and O–H groups in total. The minimum absolute atomic E-state index is 0.213. The van der Waals surface area contributed by atoms with Crippen molar-refractivity contribution < 1.29 is 8.42 Å². The number of nitrogens with one attached hydrogen (secondary N) is 1. The first kappa shape index (κ1) is 18.1. The Morgan fingerprint density at radius 1 is 1.19 bits per heavy atom. The summed E-state index contributed by atoms with van der Waals surface area (Å²) in [6.07, 6.45) is 3.17. The molecule has 1 rings (SSSR count). The number of hydrogen-bond donors (Lipinski definition) is 2. The number of sulfone groups is 1. The second-order valence-corrected chi connectivity index (χ2v) is 8.92. The van der Waals surface area contributed by atoms with Gasteiger partial charge in [0.05, 0.1) is 4.90 Å². The molecule has 0 fully saturated rings. The molecule has 0 spiro atoms. The van der Waals surface area contributed by atoms with Crippen molar-refractivity contribution in [1.29, 1.82) is 0 Å². The van der Waals surface area contributed by atoms with E-state index in [4.69, 9.17) is 5.73 Å². The molecule has 1 aromatic carbocycles. The third-order valence-corrected chi connectivity index (χ3v) is 4.38. The first-order chi connectivity index (χ1) is 9.58. The van der Waals surface area contributed by atoms with Gasteiger partial charge in [-0.25, -0.2) is 8.42 Å². The van der Waals surface area contributed by atoms with E-state index in [1.54, 1.807) is 12.1 Å². The van der Waals surface area contributed by atoms with E-state index in [0.717, 1.165) is 31.5 Å². The zero-order valence-electron chi connectivity index (χ0n) is 13.5. The van der Waals surface area contributed by atoms with Gasteiger partial charge >= 0.3 is 0 Å². The topological polar surface area (TPSA) is 72.2 Å². The number of hydrogen-bond acceptors (Lipinski definition) is 4. The fourth-order valence-electron chi connectivity index (χ4n) is 2.26. The minimum Gasteiger partial charge on any atom is -0.328 e. The second-order valence-electron chi connectivity index (χ2n) is 6.91. The lowest BCUT2D eigenvalue weighted by molar-refractivity contribution is 0.329. The zero-order valence-corrected chi connectivity index (χ0v) is 14.3. The lowest BCUT2D eigenvalue weighted by atomic mass is 9.87. The largest absolute Gasteiger partial charge is 0.328 e. The summed E-state index contributed by atoms with van der Waals surface area (Å²) < 4.78 is 22.7. The Morgan fingerprint density at radius 3 is 2.24 bits per heavy atom. The van der Waals surface area contributed by atoms with Crippen molar-refractivity contribution in [3.05, 3.63) is 29.8 Å². The predicted molar refractivity (Wildman–Crippen MR) is 87.9 cm³/mol. The molecule has 0 radical (unpaired) electrons. The van der Waals surface area contributed by atoms with Gasteiger partial charge in [-0.05, 0) is 42.5 Å². The lowest BCUT2D eigenvalue weighted by Gasteiger charge is -2.23. The van der Waals surface area contributed by atoms with E-state index in [2.05, 4.69) is 26.1 Å². The molecule has 120 valence electrons. The van der Waals surface area contributed by atoms with Crippen molar-refractivity contribution in [2.45, 2.75) is 51.1 Å². The summed E-state index contributed by atoms with van der Waals surface area (Å²) in [6, 6.07) is 7.21. The third kappa shape index (κ3) is 7.60. The lowest BCUT2D eigenvalue weighted by Crippen LogP contribution is -2.30. The Bertz CT molecular complexity index is 530. The van der Waals surface area contributed by atoms with E-state index in [-0.39, 0.29) is 11.5 Å². The van der Waals surface area contributed by atoms with E-state index in [0.29, 0.717) is 4.90 Å². The minimum atomic E-state index is -3.11. The van der Waals surface area contributed by atoms with E-state index >= 15 is 0 Å². The maximum absolute atomic E-state index is 11.4. The second kappa shape index (κ2) is 7.38. The summed E-state index contributed by atoms with van der Waals surface area (Å²) in [5, 5.41) is 3.35. The molecule has 1 atom stereocenters. The summed E-state index contributed by atoms with van der Waals surface area (Å²) in [5.74, 6) is 0. The van der Waals surface area contributed by atoms with Crippen molar-refractivity contribution in [3.8, 4) is 0 Å². The van der Waals surface area contributed by atoms with Crippen LogP contribution in [0.15, 0.2) is 29.2 Å². The van der Waals surface area contributed by atoms with Gasteiger partial charge in [0.1, 0.15) is 0 Å². The van der Waals surface area contributed by atoms with Crippen LogP contribution in [0.2, 0.25) is 0 Å². The highest BCUT2D eigenvalue weighted by atomic mass is 32.2. The van der Waals surface area contributed by atoms with Gasteiger partial charge in [0.25, 0.3) is 0 Å². The number of rotatable bonds is 7. The van der Waals surface area contributed by atoms with Crippen molar-refractivity contribution in [2.24, 2.45) is 11.1 Å². The fourth-order valence-corrected chi connectivity index (χ4v) is 2.89. The normalized spacial score (nSPS) is 14.1. The Balaban J connectivity index is 2.33. The quantitative estimate of drug-likeness (QED) is 0.758. The van der Waals surface area contributed by atoms with Gasteiger partial charge in [0.15, 0.2) is 9.84 Å². The van der Waals surface area contributed by atoms with Crippen LogP contribution in [-0.2, 0) is 16.4 Å². The Morgan fingerprint density at radius 2 is 1.76 bits per heavy atom. The van der Waals surface area contributed by atoms with Crippen molar-refractivity contribution >= 4 is 9.84 Å². The molecule has 0 aliphatic carbocycles. The molecular weight excluding hydrogens is 284 g/mol. The van der Waals surface area contributed by atoms with Gasteiger partial charge in [-0.15, -0.1) is 0 Å². The van der Waals surface area contributed by atoms with Crippen LogP contribution in [-0.4, -0.2) is 27.3 Å². The molecule has 0 saturated heterocycles. The molecule has 0 amide bonds. The van der Waals surface area contributed by atoms with E-state index in [1.807, 2.05) is 12.1 Å². The van der Waals surface area contributed by atoms with Crippen molar-refractivity contribution in [2.75, 3.05) is 12.8 Å². The molecule has 0 saturated carbocycles. The van der Waals surface area contributed by atoms with Gasteiger partial charge in [-0.1, -0.05) is 32.9 Å². The molecule has 0 aliphatic rings. The average molecular weight is 312 g/mol. The average Bonchev–Trinajstić information content (AvgIpc) is 2.32. The summed E-state index contributed by atoms with van der Waals surface area (Å²) in [5.41, 5.74) is 7.44. The SMILES string of the molecule is CC(C)(C)CC(N)CCNCc1ccc(S(C)(=O)=O)cc1. The van der Waals surface area contributed by atoms with Gasteiger partial charge in [-0.3, -0.25) is 0 Å². The predicted octanol–water partition coefficient (Wildman–Crippen LogP) is 2.33. The van der Waals surface area contributed by atoms with Crippen LogP contribution < -0.4 is 11.1 Å². The Labute approximate surface area is 129 Å². The van der Waals surface area contributed by atoms with Crippen LogP contribution in [0.1, 0.15) is 39.2 Å².